The summed E-state index contributed by atoms with van der Waals surface area (Å²) in [6.07, 6.45) is 0.882. The van der Waals surface area contributed by atoms with Crippen molar-refractivity contribution in [2.24, 2.45) is 5.92 Å². The molecular weight excluding hydrogens is 288 g/mol. The van der Waals surface area contributed by atoms with E-state index in [-0.39, 0.29) is 35.3 Å². The molecule has 1 N–H and O–H groups in total. The van der Waals surface area contributed by atoms with Gasteiger partial charge in [-0.2, -0.15) is 0 Å². The standard InChI is InChI=1S/C15H16N2O3S/c18-13-8-10(9-17(13)11-4-2-1-3-5-11)14(19)16-12-6-7-21-15(12)20/h1-5,10,12H,6-9H2,(H,16,19)/t10-,12+/m0/s1. The lowest BCUT2D eigenvalue weighted by Gasteiger charge is -2.17. The molecule has 0 radical (unpaired) electrons. The van der Waals surface area contributed by atoms with Crippen molar-refractivity contribution in [2.75, 3.05) is 17.2 Å². The first-order valence-electron chi connectivity index (χ1n) is 6.97. The van der Waals surface area contributed by atoms with Crippen molar-refractivity contribution >= 4 is 34.4 Å². The van der Waals surface area contributed by atoms with Gasteiger partial charge in [0.25, 0.3) is 0 Å². The van der Waals surface area contributed by atoms with Gasteiger partial charge in [0.15, 0.2) is 0 Å². The summed E-state index contributed by atoms with van der Waals surface area (Å²) >= 11 is 1.26. The number of hydrogen-bond donors (Lipinski definition) is 1. The van der Waals surface area contributed by atoms with Crippen molar-refractivity contribution in [1.29, 1.82) is 0 Å². The van der Waals surface area contributed by atoms with Crippen molar-refractivity contribution in [1.82, 2.24) is 5.32 Å². The molecule has 3 rings (SSSR count). The maximum absolute atomic E-state index is 12.2. The Bertz CT molecular complexity index is 576. The molecule has 1 aromatic rings. The fourth-order valence-corrected chi connectivity index (χ4v) is 3.59. The number of nitrogens with one attached hydrogen (secondary N) is 1. The Morgan fingerprint density at radius 1 is 1.24 bits per heavy atom. The Morgan fingerprint density at radius 3 is 2.67 bits per heavy atom. The van der Waals surface area contributed by atoms with Crippen LogP contribution in [0.1, 0.15) is 12.8 Å². The van der Waals surface area contributed by atoms with E-state index in [4.69, 9.17) is 0 Å². The molecule has 2 atom stereocenters. The van der Waals surface area contributed by atoms with Gasteiger partial charge >= 0.3 is 0 Å². The lowest BCUT2D eigenvalue weighted by molar-refractivity contribution is -0.128. The third kappa shape index (κ3) is 2.95. The highest BCUT2D eigenvalue weighted by Crippen LogP contribution is 2.26. The van der Waals surface area contributed by atoms with E-state index in [0.717, 1.165) is 11.4 Å². The monoisotopic (exact) mass is 304 g/mol. The maximum atomic E-state index is 12.2. The summed E-state index contributed by atoms with van der Waals surface area (Å²) in [5.74, 6) is 0.135. The van der Waals surface area contributed by atoms with Gasteiger partial charge in [-0.05, 0) is 18.6 Å². The number of anilines is 1. The Labute approximate surface area is 127 Å². The summed E-state index contributed by atoms with van der Waals surface area (Å²) in [5, 5.41) is 2.80. The minimum absolute atomic E-state index is 0.0209. The highest BCUT2D eigenvalue weighted by atomic mass is 32.2. The van der Waals surface area contributed by atoms with Gasteiger partial charge in [-0.3, -0.25) is 14.4 Å². The summed E-state index contributed by atoms with van der Waals surface area (Å²) in [7, 11) is 0. The normalized spacial score (nSPS) is 25.4. The minimum Gasteiger partial charge on any atom is -0.345 e. The molecule has 0 spiro atoms. The SMILES string of the molecule is O=C(N[C@@H]1CCSC1=O)[C@H]1CC(=O)N(c2ccccc2)C1. The summed E-state index contributed by atoms with van der Waals surface area (Å²) in [6, 6.07) is 8.94. The molecule has 2 heterocycles. The Kier molecular flexibility index (Phi) is 3.96. The topological polar surface area (TPSA) is 66.5 Å². The van der Waals surface area contributed by atoms with E-state index in [9.17, 15) is 14.4 Å². The summed E-state index contributed by atoms with van der Waals surface area (Å²) in [4.78, 5) is 37.5. The predicted octanol–water partition coefficient (Wildman–Crippen LogP) is 1.19. The molecule has 110 valence electrons. The molecule has 0 aromatic heterocycles. The smallest absolute Gasteiger partial charge is 0.227 e. The molecule has 6 heteroatoms. The highest BCUT2D eigenvalue weighted by molar-refractivity contribution is 8.14. The van der Waals surface area contributed by atoms with Crippen LogP contribution < -0.4 is 10.2 Å². The van der Waals surface area contributed by atoms with Crippen molar-refractivity contribution in [3.63, 3.8) is 0 Å². The van der Waals surface area contributed by atoms with Gasteiger partial charge in [-0.1, -0.05) is 30.0 Å². The molecule has 0 saturated carbocycles. The second-order valence-electron chi connectivity index (χ2n) is 5.26. The van der Waals surface area contributed by atoms with Gasteiger partial charge in [-0.25, -0.2) is 0 Å². The average molecular weight is 304 g/mol. The van der Waals surface area contributed by atoms with Gasteiger partial charge in [0.1, 0.15) is 0 Å². The second kappa shape index (κ2) is 5.89. The van der Waals surface area contributed by atoms with Crippen LogP contribution in [0.25, 0.3) is 0 Å². The molecule has 1 aromatic carbocycles. The molecule has 2 fully saturated rings. The Balaban J connectivity index is 1.64. The number of benzene rings is 1. The first kappa shape index (κ1) is 14.1. The number of para-hydroxylation sites is 1. The van der Waals surface area contributed by atoms with Crippen LogP contribution in [0.2, 0.25) is 0 Å². The van der Waals surface area contributed by atoms with E-state index < -0.39 is 0 Å². The lowest BCUT2D eigenvalue weighted by Crippen LogP contribution is -2.41. The van der Waals surface area contributed by atoms with Crippen LogP contribution in [0.5, 0.6) is 0 Å². The average Bonchev–Trinajstić information content (AvgIpc) is 3.07. The van der Waals surface area contributed by atoms with Crippen LogP contribution >= 0.6 is 11.8 Å². The van der Waals surface area contributed by atoms with E-state index in [0.29, 0.717) is 13.0 Å². The number of hydrogen-bond acceptors (Lipinski definition) is 4. The summed E-state index contributed by atoms with van der Waals surface area (Å²) in [5.41, 5.74) is 0.810. The summed E-state index contributed by atoms with van der Waals surface area (Å²) in [6.45, 7) is 0.378. The first-order valence-corrected chi connectivity index (χ1v) is 7.96. The molecule has 0 unspecified atom stereocenters. The maximum Gasteiger partial charge on any atom is 0.227 e. The number of carbonyl (C=O) groups excluding carboxylic acids is 3. The zero-order chi connectivity index (χ0) is 14.8. The zero-order valence-corrected chi connectivity index (χ0v) is 12.3. The van der Waals surface area contributed by atoms with Crippen LogP contribution in [0.3, 0.4) is 0 Å². The summed E-state index contributed by atoms with van der Waals surface area (Å²) < 4.78 is 0. The number of thioether (sulfide) groups is 1. The number of amides is 2. The minimum atomic E-state index is -0.386. The van der Waals surface area contributed by atoms with Crippen molar-refractivity contribution in [3.05, 3.63) is 30.3 Å². The molecule has 21 heavy (non-hydrogen) atoms. The highest BCUT2D eigenvalue weighted by Gasteiger charge is 2.37. The van der Waals surface area contributed by atoms with E-state index in [2.05, 4.69) is 5.32 Å². The molecule has 2 aliphatic rings. The van der Waals surface area contributed by atoms with Gasteiger partial charge < -0.3 is 10.2 Å². The fourth-order valence-electron chi connectivity index (χ4n) is 2.66. The molecule has 2 amide bonds. The zero-order valence-electron chi connectivity index (χ0n) is 11.5. The number of carbonyl (C=O) groups is 3. The quantitative estimate of drug-likeness (QED) is 0.911. The van der Waals surface area contributed by atoms with Crippen molar-refractivity contribution in [3.8, 4) is 0 Å². The molecular formula is C15H16N2O3S. The van der Waals surface area contributed by atoms with Crippen LogP contribution in [-0.4, -0.2) is 35.3 Å². The van der Waals surface area contributed by atoms with Crippen LogP contribution in [0, 0.1) is 5.92 Å². The largest absolute Gasteiger partial charge is 0.345 e. The molecule has 2 aliphatic heterocycles. The first-order chi connectivity index (χ1) is 10.1. The van der Waals surface area contributed by atoms with Crippen LogP contribution in [0.15, 0.2) is 30.3 Å². The van der Waals surface area contributed by atoms with E-state index in [1.54, 1.807) is 4.90 Å². The van der Waals surface area contributed by atoms with Crippen molar-refractivity contribution < 1.29 is 14.4 Å². The Morgan fingerprint density at radius 2 is 2.00 bits per heavy atom. The van der Waals surface area contributed by atoms with Crippen molar-refractivity contribution in [2.45, 2.75) is 18.9 Å². The Hall–Kier alpha value is -1.82. The third-order valence-corrected chi connectivity index (χ3v) is 4.82. The number of rotatable bonds is 3. The molecule has 5 nitrogen and oxygen atoms in total. The van der Waals surface area contributed by atoms with Gasteiger partial charge in [0.05, 0.1) is 12.0 Å². The lowest BCUT2D eigenvalue weighted by atomic mass is 10.1. The van der Waals surface area contributed by atoms with Crippen LogP contribution in [-0.2, 0) is 14.4 Å². The van der Waals surface area contributed by atoms with E-state index in [1.807, 2.05) is 30.3 Å². The second-order valence-corrected chi connectivity index (χ2v) is 6.36. The third-order valence-electron chi connectivity index (χ3n) is 3.82. The van der Waals surface area contributed by atoms with Gasteiger partial charge in [0, 0.05) is 24.4 Å². The molecule has 0 aliphatic carbocycles. The van der Waals surface area contributed by atoms with E-state index in [1.165, 1.54) is 11.8 Å². The predicted molar refractivity (Wildman–Crippen MR) is 80.9 cm³/mol. The van der Waals surface area contributed by atoms with Gasteiger partial charge in [0.2, 0.25) is 16.9 Å². The fraction of sp³-hybridized carbons (Fsp3) is 0.400. The molecule has 0 bridgehead atoms. The van der Waals surface area contributed by atoms with E-state index >= 15 is 0 Å². The van der Waals surface area contributed by atoms with Gasteiger partial charge in [-0.15, -0.1) is 0 Å². The van der Waals surface area contributed by atoms with Crippen LogP contribution in [0.4, 0.5) is 5.69 Å². The number of nitrogens with zero attached hydrogens (tertiary/aromatic N) is 1. The molecule has 2 saturated heterocycles.